The van der Waals surface area contributed by atoms with Gasteiger partial charge in [-0.3, -0.25) is 14.9 Å². The summed E-state index contributed by atoms with van der Waals surface area (Å²) in [5, 5.41) is 21.2. The van der Waals surface area contributed by atoms with Crippen molar-refractivity contribution in [1.29, 1.82) is 5.26 Å². The van der Waals surface area contributed by atoms with E-state index in [9.17, 15) is 20.2 Å². The van der Waals surface area contributed by atoms with Crippen molar-refractivity contribution in [2.45, 2.75) is 31.2 Å². The minimum atomic E-state index is -0.505. The number of hydrogen-bond donors (Lipinski definition) is 0. The van der Waals surface area contributed by atoms with E-state index in [4.69, 9.17) is 4.98 Å². The highest BCUT2D eigenvalue weighted by molar-refractivity contribution is 8.00. The molecule has 0 aliphatic carbocycles. The second kappa shape index (κ2) is 9.11. The van der Waals surface area contributed by atoms with Gasteiger partial charge in [0.2, 0.25) is 0 Å². The van der Waals surface area contributed by atoms with Crippen LogP contribution < -0.4 is 0 Å². The number of hydrogen-bond acceptors (Lipinski definition) is 6. The van der Waals surface area contributed by atoms with E-state index in [1.807, 2.05) is 57.2 Å². The summed E-state index contributed by atoms with van der Waals surface area (Å²) in [5.41, 5.74) is 3.03. The monoisotopic (exact) mass is 431 g/mol. The first kappa shape index (κ1) is 22.2. The van der Waals surface area contributed by atoms with E-state index in [1.54, 1.807) is 0 Å². The lowest BCUT2D eigenvalue weighted by Crippen LogP contribution is -2.15. The van der Waals surface area contributed by atoms with Crippen molar-refractivity contribution >= 4 is 23.2 Å². The molecule has 2 aromatic carbocycles. The zero-order chi connectivity index (χ0) is 22.6. The van der Waals surface area contributed by atoms with Crippen LogP contribution in [0.2, 0.25) is 0 Å². The molecule has 0 bridgehead atoms. The lowest BCUT2D eigenvalue weighted by molar-refractivity contribution is -0.384. The van der Waals surface area contributed by atoms with Crippen LogP contribution in [-0.4, -0.2) is 21.4 Å². The van der Waals surface area contributed by atoms with Gasteiger partial charge in [-0.25, -0.2) is 4.98 Å². The Hall–Kier alpha value is -3.50. The van der Waals surface area contributed by atoms with Gasteiger partial charge in [0.15, 0.2) is 5.78 Å². The highest BCUT2D eigenvalue weighted by Gasteiger charge is 2.22. The van der Waals surface area contributed by atoms with E-state index in [0.29, 0.717) is 16.2 Å². The van der Waals surface area contributed by atoms with Crippen molar-refractivity contribution in [3.05, 3.63) is 87.6 Å². The third kappa shape index (κ3) is 5.16. The normalized spacial score (nSPS) is 11.0. The minimum absolute atomic E-state index is 0.0667. The van der Waals surface area contributed by atoms with Crippen molar-refractivity contribution in [2.24, 2.45) is 0 Å². The first-order chi connectivity index (χ1) is 14.7. The number of nitriles is 1. The molecule has 0 radical (unpaired) electrons. The van der Waals surface area contributed by atoms with E-state index >= 15 is 0 Å². The Morgan fingerprint density at radius 2 is 1.77 bits per heavy atom. The van der Waals surface area contributed by atoms with Crippen molar-refractivity contribution in [2.75, 3.05) is 5.75 Å². The zero-order valence-corrected chi connectivity index (χ0v) is 18.3. The molecule has 0 fully saturated rings. The number of aromatic nitrogens is 1. The fraction of sp³-hybridized carbons (Fsp3) is 0.208. The third-order valence-electron chi connectivity index (χ3n) is 4.69. The molecule has 1 aromatic heterocycles. The number of pyridine rings is 1. The second-order valence-electron chi connectivity index (χ2n) is 7.98. The molecule has 0 aliphatic heterocycles. The number of Topliss-reactive ketones (excluding diaryl/α,β-unsaturated/α-hetero) is 1. The highest BCUT2D eigenvalue weighted by Crippen LogP contribution is 2.34. The summed E-state index contributed by atoms with van der Waals surface area (Å²) in [4.78, 5) is 27.6. The average molecular weight is 432 g/mol. The molecular formula is C24H21N3O3S. The van der Waals surface area contributed by atoms with Gasteiger partial charge in [-0.1, -0.05) is 62.9 Å². The Kier molecular flexibility index (Phi) is 6.52. The summed E-state index contributed by atoms with van der Waals surface area (Å²) in [6.45, 7) is 6.14. The van der Waals surface area contributed by atoms with Crippen molar-refractivity contribution in [3.63, 3.8) is 0 Å². The Balaban J connectivity index is 1.95. The van der Waals surface area contributed by atoms with Crippen LogP contribution in [0.5, 0.6) is 0 Å². The molecule has 0 saturated heterocycles. The van der Waals surface area contributed by atoms with Gasteiger partial charge in [0.25, 0.3) is 5.69 Å². The molecule has 156 valence electrons. The highest BCUT2D eigenvalue weighted by atomic mass is 32.2. The Labute approximate surface area is 185 Å². The zero-order valence-electron chi connectivity index (χ0n) is 17.5. The molecule has 0 unspecified atom stereocenters. The number of nitro groups is 1. The van der Waals surface area contributed by atoms with E-state index < -0.39 is 4.92 Å². The van der Waals surface area contributed by atoms with Gasteiger partial charge in [-0.2, -0.15) is 5.26 Å². The number of benzene rings is 2. The van der Waals surface area contributed by atoms with Crippen LogP contribution in [0.4, 0.5) is 5.69 Å². The maximum Gasteiger partial charge on any atom is 0.269 e. The van der Waals surface area contributed by atoms with Gasteiger partial charge in [-0.15, -0.1) is 0 Å². The molecule has 0 atom stereocenters. The summed E-state index contributed by atoms with van der Waals surface area (Å²) in [6, 6.07) is 19.3. The molecule has 0 N–H and O–H groups in total. The number of nitro benzene ring substituents is 1. The maximum atomic E-state index is 12.6. The average Bonchev–Trinajstić information content (AvgIpc) is 2.76. The molecule has 3 rings (SSSR count). The van der Waals surface area contributed by atoms with Crippen LogP contribution in [0, 0.1) is 21.4 Å². The molecule has 31 heavy (non-hydrogen) atoms. The van der Waals surface area contributed by atoms with Crippen LogP contribution in [-0.2, 0) is 5.41 Å². The second-order valence-corrected chi connectivity index (χ2v) is 8.94. The Morgan fingerprint density at radius 1 is 1.13 bits per heavy atom. The van der Waals surface area contributed by atoms with E-state index in [-0.39, 0.29) is 22.6 Å². The molecule has 1 heterocycles. The number of thioether (sulfide) groups is 1. The molecule has 7 heteroatoms. The predicted molar refractivity (Wildman–Crippen MR) is 121 cm³/mol. The van der Waals surface area contributed by atoms with Gasteiger partial charge >= 0.3 is 0 Å². The lowest BCUT2D eigenvalue weighted by Gasteiger charge is -2.21. The number of carbonyl (C=O) groups excluding carboxylic acids is 1. The van der Waals surface area contributed by atoms with E-state index in [0.717, 1.165) is 16.8 Å². The molecule has 6 nitrogen and oxygen atoms in total. The minimum Gasteiger partial charge on any atom is -0.293 e. The smallest absolute Gasteiger partial charge is 0.269 e. The molecule has 0 aliphatic rings. The number of ketones is 1. The van der Waals surface area contributed by atoms with Crippen molar-refractivity contribution in [3.8, 4) is 17.2 Å². The van der Waals surface area contributed by atoms with Crippen LogP contribution in [0.15, 0.2) is 65.7 Å². The molecule has 0 amide bonds. The van der Waals surface area contributed by atoms with Crippen molar-refractivity contribution in [1.82, 2.24) is 4.98 Å². The van der Waals surface area contributed by atoms with Gasteiger partial charge in [0.1, 0.15) is 11.1 Å². The van der Waals surface area contributed by atoms with Crippen LogP contribution >= 0.6 is 11.8 Å². The predicted octanol–water partition coefficient (Wildman–Crippen LogP) is 5.80. The van der Waals surface area contributed by atoms with Crippen molar-refractivity contribution < 1.29 is 9.72 Å². The van der Waals surface area contributed by atoms with E-state index in [2.05, 4.69) is 6.07 Å². The summed E-state index contributed by atoms with van der Waals surface area (Å²) in [6.07, 6.45) is 0. The van der Waals surface area contributed by atoms with Crippen LogP contribution in [0.1, 0.15) is 42.4 Å². The molecule has 3 aromatic rings. The molecule has 0 saturated carbocycles. The lowest BCUT2D eigenvalue weighted by atomic mass is 9.89. The summed E-state index contributed by atoms with van der Waals surface area (Å²) < 4.78 is 0. The number of rotatable bonds is 6. The summed E-state index contributed by atoms with van der Waals surface area (Å²) in [7, 11) is 0. The largest absolute Gasteiger partial charge is 0.293 e. The number of nitrogens with zero attached hydrogens (tertiary/aromatic N) is 3. The standard InChI is InChI=1S/C24H21N3O3S/c1-24(2,3)22-13-19(16-7-5-4-6-8-16)20(14-25)23(26-22)31-15-21(28)17-9-11-18(12-10-17)27(29)30/h4-13H,15H2,1-3H3. The topological polar surface area (TPSA) is 96.9 Å². The fourth-order valence-corrected chi connectivity index (χ4v) is 3.85. The maximum absolute atomic E-state index is 12.6. The van der Waals surface area contributed by atoms with Crippen LogP contribution in [0.3, 0.4) is 0 Å². The van der Waals surface area contributed by atoms with Crippen LogP contribution in [0.25, 0.3) is 11.1 Å². The first-order valence-electron chi connectivity index (χ1n) is 9.62. The summed E-state index contributed by atoms with van der Waals surface area (Å²) >= 11 is 1.21. The quantitative estimate of drug-likeness (QED) is 0.212. The fourth-order valence-electron chi connectivity index (χ4n) is 2.95. The summed E-state index contributed by atoms with van der Waals surface area (Å²) in [5.74, 6) is -0.116. The Bertz CT molecular complexity index is 1160. The number of carbonyl (C=O) groups is 1. The first-order valence-corrected chi connectivity index (χ1v) is 10.6. The third-order valence-corrected chi connectivity index (χ3v) is 5.67. The SMILES string of the molecule is CC(C)(C)c1cc(-c2ccccc2)c(C#N)c(SCC(=O)c2ccc([N+](=O)[O-])cc2)n1. The number of non-ortho nitro benzene ring substituents is 1. The molecular weight excluding hydrogens is 410 g/mol. The van der Waals surface area contributed by atoms with Gasteiger partial charge in [-0.05, 0) is 23.8 Å². The molecule has 0 spiro atoms. The Morgan fingerprint density at radius 3 is 2.32 bits per heavy atom. The van der Waals surface area contributed by atoms with E-state index in [1.165, 1.54) is 36.0 Å². The van der Waals surface area contributed by atoms with Gasteiger partial charge in [0, 0.05) is 34.4 Å². The van der Waals surface area contributed by atoms with Gasteiger partial charge < -0.3 is 0 Å². The van der Waals surface area contributed by atoms with Gasteiger partial charge in [0.05, 0.1) is 16.2 Å².